The molecule has 40 heavy (non-hydrogen) atoms. The van der Waals surface area contributed by atoms with Crippen LogP contribution in [0.2, 0.25) is 10.0 Å². The molecular formula is C29H20Cl2N2O7. The van der Waals surface area contributed by atoms with E-state index >= 15 is 0 Å². The molecule has 4 aromatic carbocycles. The number of benzene rings is 4. The molecule has 202 valence electrons. The van der Waals surface area contributed by atoms with Crippen LogP contribution in [0.5, 0.6) is 5.75 Å². The highest BCUT2D eigenvalue weighted by Crippen LogP contribution is 2.30. The predicted octanol–water partition coefficient (Wildman–Crippen LogP) is 6.68. The van der Waals surface area contributed by atoms with E-state index in [4.69, 9.17) is 32.7 Å². The van der Waals surface area contributed by atoms with Crippen LogP contribution in [0.25, 0.3) is 0 Å². The number of methoxy groups -OCH3 is 1. The number of amides is 1. The van der Waals surface area contributed by atoms with Crippen molar-refractivity contribution in [3.8, 4) is 5.75 Å². The first-order chi connectivity index (χ1) is 19.2. The van der Waals surface area contributed by atoms with Crippen molar-refractivity contribution in [2.24, 2.45) is 0 Å². The second kappa shape index (κ2) is 12.4. The van der Waals surface area contributed by atoms with E-state index in [-0.39, 0.29) is 26.7 Å². The fourth-order valence-electron chi connectivity index (χ4n) is 3.83. The number of esters is 1. The normalized spacial score (nSPS) is 11.3. The molecule has 0 heterocycles. The SMILES string of the molecule is COc1ccc(NC(=O)[C@@H](OC(=O)c2ccccc2C(=O)c2ccc(Cl)c([N+](=O)[O-])c2)c2ccccc2)cc1Cl. The number of nitro benzene ring substituents is 1. The summed E-state index contributed by atoms with van der Waals surface area (Å²) in [7, 11) is 1.46. The van der Waals surface area contributed by atoms with Crippen molar-refractivity contribution in [1.29, 1.82) is 0 Å². The van der Waals surface area contributed by atoms with Gasteiger partial charge in [0.2, 0.25) is 6.10 Å². The Morgan fingerprint density at radius 1 is 0.850 bits per heavy atom. The molecule has 1 N–H and O–H groups in total. The average molecular weight is 579 g/mol. The average Bonchev–Trinajstić information content (AvgIpc) is 2.96. The van der Waals surface area contributed by atoms with E-state index in [1.807, 2.05) is 0 Å². The number of anilines is 1. The number of nitro groups is 1. The molecular weight excluding hydrogens is 559 g/mol. The second-order valence-electron chi connectivity index (χ2n) is 8.33. The van der Waals surface area contributed by atoms with Crippen molar-refractivity contribution in [2.45, 2.75) is 6.10 Å². The molecule has 0 spiro atoms. The molecule has 0 saturated carbocycles. The maximum absolute atomic E-state index is 13.4. The van der Waals surface area contributed by atoms with E-state index in [1.165, 1.54) is 49.6 Å². The zero-order valence-corrected chi connectivity index (χ0v) is 22.3. The first kappa shape index (κ1) is 28.3. The van der Waals surface area contributed by atoms with Crippen LogP contribution < -0.4 is 10.1 Å². The Kier molecular flexibility index (Phi) is 8.78. The highest BCUT2D eigenvalue weighted by Gasteiger charge is 2.29. The van der Waals surface area contributed by atoms with Gasteiger partial charge < -0.3 is 14.8 Å². The van der Waals surface area contributed by atoms with Crippen LogP contribution in [0.15, 0.2) is 91.0 Å². The quantitative estimate of drug-likeness (QED) is 0.102. The zero-order valence-electron chi connectivity index (χ0n) is 20.8. The lowest BCUT2D eigenvalue weighted by atomic mass is 9.98. The number of ketones is 1. The Labute approximate surface area is 238 Å². The van der Waals surface area contributed by atoms with Gasteiger partial charge in [0, 0.05) is 28.4 Å². The Balaban J connectivity index is 1.64. The maximum atomic E-state index is 13.4. The number of nitrogens with one attached hydrogen (secondary N) is 1. The molecule has 0 unspecified atom stereocenters. The Bertz CT molecular complexity index is 1610. The monoisotopic (exact) mass is 578 g/mol. The zero-order chi connectivity index (χ0) is 28.8. The fourth-order valence-corrected chi connectivity index (χ4v) is 4.28. The van der Waals surface area contributed by atoms with Crippen molar-refractivity contribution >= 4 is 52.2 Å². The van der Waals surface area contributed by atoms with Gasteiger partial charge in [-0.15, -0.1) is 0 Å². The first-order valence-corrected chi connectivity index (χ1v) is 12.4. The summed E-state index contributed by atoms with van der Waals surface area (Å²) in [5.41, 5.74) is 0.0134. The largest absolute Gasteiger partial charge is 0.495 e. The van der Waals surface area contributed by atoms with Gasteiger partial charge in [-0.25, -0.2) is 4.79 Å². The summed E-state index contributed by atoms with van der Waals surface area (Å²) in [4.78, 5) is 50.6. The lowest BCUT2D eigenvalue weighted by Crippen LogP contribution is -2.26. The van der Waals surface area contributed by atoms with Crippen molar-refractivity contribution in [1.82, 2.24) is 0 Å². The third-order valence-corrected chi connectivity index (χ3v) is 6.40. The standard InChI is InChI=1S/C29H20Cl2N2O7/c1-39-25-14-12-19(16-23(25)31)32-28(35)27(17-7-3-2-4-8-17)40-29(36)21-10-6-5-9-20(21)26(34)18-11-13-22(30)24(15-18)33(37)38/h2-16,27H,1H3,(H,32,35)/t27-/m0/s1. The molecule has 0 bridgehead atoms. The van der Waals surface area contributed by atoms with Crippen LogP contribution in [-0.2, 0) is 9.53 Å². The predicted molar refractivity (Wildman–Crippen MR) is 149 cm³/mol. The number of nitrogens with zero attached hydrogens (tertiary/aromatic N) is 1. The van der Waals surface area contributed by atoms with E-state index < -0.39 is 34.4 Å². The van der Waals surface area contributed by atoms with E-state index in [1.54, 1.807) is 42.5 Å². The summed E-state index contributed by atoms with van der Waals surface area (Å²) in [6.45, 7) is 0. The van der Waals surface area contributed by atoms with Gasteiger partial charge in [0.05, 0.1) is 22.6 Å². The number of ether oxygens (including phenoxy) is 2. The molecule has 0 aromatic heterocycles. The van der Waals surface area contributed by atoms with Gasteiger partial charge in [-0.2, -0.15) is 0 Å². The molecule has 9 nitrogen and oxygen atoms in total. The minimum absolute atomic E-state index is 0.0508. The molecule has 4 aromatic rings. The van der Waals surface area contributed by atoms with E-state index in [2.05, 4.69) is 5.32 Å². The Morgan fingerprint density at radius 2 is 1.52 bits per heavy atom. The highest BCUT2D eigenvalue weighted by molar-refractivity contribution is 6.33. The molecule has 0 aliphatic rings. The minimum atomic E-state index is -1.39. The van der Waals surface area contributed by atoms with Crippen molar-refractivity contribution in [3.63, 3.8) is 0 Å². The van der Waals surface area contributed by atoms with Gasteiger partial charge in [0.1, 0.15) is 10.8 Å². The van der Waals surface area contributed by atoms with Gasteiger partial charge in [-0.1, -0.05) is 71.7 Å². The number of carbonyl (C=O) groups is 3. The van der Waals surface area contributed by atoms with E-state index in [9.17, 15) is 24.5 Å². The van der Waals surface area contributed by atoms with E-state index in [0.29, 0.717) is 17.0 Å². The maximum Gasteiger partial charge on any atom is 0.340 e. The van der Waals surface area contributed by atoms with Crippen LogP contribution >= 0.6 is 23.2 Å². The molecule has 0 radical (unpaired) electrons. The van der Waals surface area contributed by atoms with E-state index in [0.717, 1.165) is 6.07 Å². The van der Waals surface area contributed by atoms with Gasteiger partial charge in [0.15, 0.2) is 5.78 Å². The Hall–Kier alpha value is -4.73. The van der Waals surface area contributed by atoms with Crippen LogP contribution in [-0.4, -0.2) is 29.7 Å². The van der Waals surface area contributed by atoms with Gasteiger partial charge in [-0.3, -0.25) is 19.7 Å². The minimum Gasteiger partial charge on any atom is -0.495 e. The highest BCUT2D eigenvalue weighted by atomic mass is 35.5. The topological polar surface area (TPSA) is 125 Å². The summed E-state index contributed by atoms with van der Waals surface area (Å²) >= 11 is 12.0. The number of hydrogen-bond acceptors (Lipinski definition) is 7. The van der Waals surface area contributed by atoms with Crippen LogP contribution in [0.3, 0.4) is 0 Å². The molecule has 0 aliphatic heterocycles. The molecule has 4 rings (SSSR count). The van der Waals surface area contributed by atoms with Crippen LogP contribution in [0.4, 0.5) is 11.4 Å². The van der Waals surface area contributed by atoms with Crippen molar-refractivity contribution < 1.29 is 28.8 Å². The summed E-state index contributed by atoms with van der Waals surface area (Å²) in [6, 6.07) is 22.3. The third kappa shape index (κ3) is 6.28. The van der Waals surface area contributed by atoms with Gasteiger partial charge >= 0.3 is 5.97 Å². The lowest BCUT2D eigenvalue weighted by Gasteiger charge is -2.19. The molecule has 0 aliphatic carbocycles. The summed E-state index contributed by atoms with van der Waals surface area (Å²) in [6.07, 6.45) is -1.39. The third-order valence-electron chi connectivity index (χ3n) is 5.78. The number of carbonyl (C=O) groups excluding carboxylic acids is 3. The second-order valence-corrected chi connectivity index (χ2v) is 9.15. The molecule has 1 atom stereocenters. The van der Waals surface area contributed by atoms with Crippen LogP contribution in [0.1, 0.15) is 37.9 Å². The summed E-state index contributed by atoms with van der Waals surface area (Å²) < 4.78 is 10.8. The van der Waals surface area contributed by atoms with Crippen LogP contribution in [0, 0.1) is 10.1 Å². The number of rotatable bonds is 9. The summed E-state index contributed by atoms with van der Waals surface area (Å²) in [5, 5.41) is 14.1. The lowest BCUT2D eigenvalue weighted by molar-refractivity contribution is -0.384. The van der Waals surface area contributed by atoms with Crippen molar-refractivity contribution in [3.05, 3.63) is 133 Å². The molecule has 0 saturated heterocycles. The fraction of sp³-hybridized carbons (Fsp3) is 0.0690. The summed E-state index contributed by atoms with van der Waals surface area (Å²) in [5.74, 6) is -1.87. The Morgan fingerprint density at radius 3 is 2.17 bits per heavy atom. The number of halogens is 2. The van der Waals surface area contributed by atoms with Crippen molar-refractivity contribution in [2.75, 3.05) is 12.4 Å². The van der Waals surface area contributed by atoms with Gasteiger partial charge in [-0.05, 0) is 36.4 Å². The number of hydrogen-bond donors (Lipinski definition) is 1. The van der Waals surface area contributed by atoms with Gasteiger partial charge in [0.25, 0.3) is 11.6 Å². The smallest absolute Gasteiger partial charge is 0.340 e. The molecule has 0 fully saturated rings. The molecule has 11 heteroatoms. The first-order valence-electron chi connectivity index (χ1n) is 11.7. The molecule has 1 amide bonds.